The standard InChI is InChI=1S/C16H16Cl2O2/c1-20-14-5-2-11(3-6-14)8-12(10-19)15-7-4-13(17)9-16(15)18/h2-7,9,12,19H,8,10H2,1H3. The molecule has 1 N–H and O–H groups in total. The Labute approximate surface area is 128 Å². The normalized spacial score (nSPS) is 12.2. The van der Waals surface area contributed by atoms with Gasteiger partial charge in [-0.2, -0.15) is 0 Å². The zero-order valence-corrected chi connectivity index (χ0v) is 12.7. The van der Waals surface area contributed by atoms with E-state index in [-0.39, 0.29) is 12.5 Å². The number of ether oxygens (including phenoxy) is 1. The van der Waals surface area contributed by atoms with Crippen molar-refractivity contribution < 1.29 is 9.84 Å². The predicted octanol–water partition coefficient (Wildman–Crippen LogP) is 4.32. The molecular formula is C16H16Cl2O2. The van der Waals surface area contributed by atoms with E-state index in [1.54, 1.807) is 19.2 Å². The molecule has 2 aromatic carbocycles. The molecule has 1 atom stereocenters. The van der Waals surface area contributed by atoms with Gasteiger partial charge >= 0.3 is 0 Å². The Morgan fingerprint density at radius 2 is 1.80 bits per heavy atom. The number of hydrogen-bond donors (Lipinski definition) is 1. The third-order valence-electron chi connectivity index (χ3n) is 3.26. The van der Waals surface area contributed by atoms with Crippen LogP contribution in [-0.2, 0) is 6.42 Å². The molecular weight excluding hydrogens is 295 g/mol. The first-order valence-corrected chi connectivity index (χ1v) is 7.08. The molecule has 106 valence electrons. The number of benzene rings is 2. The summed E-state index contributed by atoms with van der Waals surface area (Å²) in [5.41, 5.74) is 2.03. The predicted molar refractivity (Wildman–Crippen MR) is 83.0 cm³/mol. The largest absolute Gasteiger partial charge is 0.497 e. The fraction of sp³-hybridized carbons (Fsp3) is 0.250. The van der Waals surface area contributed by atoms with Gasteiger partial charge in [-0.05, 0) is 41.8 Å². The second kappa shape index (κ2) is 6.98. The summed E-state index contributed by atoms with van der Waals surface area (Å²) in [6.07, 6.45) is 0.710. The first-order chi connectivity index (χ1) is 9.63. The van der Waals surface area contributed by atoms with Crippen LogP contribution in [0.15, 0.2) is 42.5 Å². The maximum atomic E-state index is 9.62. The summed E-state index contributed by atoms with van der Waals surface area (Å²) in [6, 6.07) is 13.2. The molecule has 0 aromatic heterocycles. The summed E-state index contributed by atoms with van der Waals surface area (Å²) in [7, 11) is 1.64. The molecule has 1 unspecified atom stereocenters. The molecule has 0 bridgehead atoms. The van der Waals surface area contributed by atoms with Gasteiger partial charge in [0.2, 0.25) is 0 Å². The van der Waals surface area contributed by atoms with E-state index in [1.165, 1.54) is 0 Å². The molecule has 4 heteroatoms. The Kier molecular flexibility index (Phi) is 5.30. The number of rotatable bonds is 5. The number of aliphatic hydroxyl groups excluding tert-OH is 1. The molecule has 0 radical (unpaired) electrons. The summed E-state index contributed by atoms with van der Waals surface area (Å²) in [5.74, 6) is 0.770. The van der Waals surface area contributed by atoms with Crippen LogP contribution in [0.2, 0.25) is 10.0 Å². The van der Waals surface area contributed by atoms with Gasteiger partial charge in [0.05, 0.1) is 13.7 Å². The van der Waals surface area contributed by atoms with Crippen molar-refractivity contribution in [2.75, 3.05) is 13.7 Å². The summed E-state index contributed by atoms with van der Waals surface area (Å²) in [6.45, 7) is 0.0351. The minimum atomic E-state index is -0.0480. The van der Waals surface area contributed by atoms with Crippen LogP contribution in [0, 0.1) is 0 Å². The molecule has 0 aliphatic heterocycles. The van der Waals surface area contributed by atoms with Crippen molar-refractivity contribution in [3.8, 4) is 5.75 Å². The van der Waals surface area contributed by atoms with Crippen molar-refractivity contribution in [2.45, 2.75) is 12.3 Å². The highest BCUT2D eigenvalue weighted by molar-refractivity contribution is 6.35. The van der Waals surface area contributed by atoms with Crippen LogP contribution in [0.5, 0.6) is 5.75 Å². The Balaban J connectivity index is 2.19. The SMILES string of the molecule is COc1ccc(CC(CO)c2ccc(Cl)cc2Cl)cc1. The molecule has 0 fully saturated rings. The molecule has 0 aliphatic carbocycles. The fourth-order valence-corrected chi connectivity index (χ4v) is 2.71. The third kappa shape index (κ3) is 3.66. The molecule has 0 spiro atoms. The quantitative estimate of drug-likeness (QED) is 0.891. The van der Waals surface area contributed by atoms with Gasteiger partial charge < -0.3 is 9.84 Å². The van der Waals surface area contributed by atoms with Crippen LogP contribution in [0.3, 0.4) is 0 Å². The van der Waals surface area contributed by atoms with Crippen LogP contribution < -0.4 is 4.74 Å². The number of methoxy groups -OCH3 is 1. The summed E-state index contributed by atoms with van der Waals surface area (Å²) in [5, 5.41) is 10.8. The van der Waals surface area contributed by atoms with Gasteiger partial charge in [0.15, 0.2) is 0 Å². The van der Waals surface area contributed by atoms with Gasteiger partial charge in [0.25, 0.3) is 0 Å². The van der Waals surface area contributed by atoms with Crippen molar-refractivity contribution in [1.82, 2.24) is 0 Å². The van der Waals surface area contributed by atoms with Crippen molar-refractivity contribution in [1.29, 1.82) is 0 Å². The van der Waals surface area contributed by atoms with Crippen molar-refractivity contribution in [2.24, 2.45) is 0 Å². The van der Waals surface area contributed by atoms with E-state index in [0.717, 1.165) is 16.9 Å². The molecule has 0 saturated carbocycles. The fourth-order valence-electron chi connectivity index (χ4n) is 2.15. The Hall–Kier alpha value is -1.22. The smallest absolute Gasteiger partial charge is 0.118 e. The van der Waals surface area contributed by atoms with E-state index < -0.39 is 0 Å². The lowest BCUT2D eigenvalue weighted by Gasteiger charge is -2.16. The Bertz CT molecular complexity index is 567. The van der Waals surface area contributed by atoms with Crippen molar-refractivity contribution in [3.05, 3.63) is 63.6 Å². The van der Waals surface area contributed by atoms with E-state index in [0.29, 0.717) is 16.5 Å². The average Bonchev–Trinajstić information content (AvgIpc) is 2.46. The second-order valence-electron chi connectivity index (χ2n) is 4.60. The zero-order chi connectivity index (χ0) is 14.5. The van der Waals surface area contributed by atoms with Gasteiger partial charge in [-0.25, -0.2) is 0 Å². The molecule has 2 aromatic rings. The number of halogens is 2. The van der Waals surface area contributed by atoms with E-state index in [9.17, 15) is 5.11 Å². The lowest BCUT2D eigenvalue weighted by atomic mass is 9.92. The van der Waals surface area contributed by atoms with Gasteiger partial charge in [0, 0.05) is 16.0 Å². The topological polar surface area (TPSA) is 29.5 Å². The first kappa shape index (κ1) is 15.2. The molecule has 0 saturated heterocycles. The van der Waals surface area contributed by atoms with Crippen LogP contribution in [0.4, 0.5) is 0 Å². The zero-order valence-electron chi connectivity index (χ0n) is 11.1. The van der Waals surface area contributed by atoms with E-state index >= 15 is 0 Å². The van der Waals surface area contributed by atoms with E-state index in [4.69, 9.17) is 27.9 Å². The molecule has 0 heterocycles. The van der Waals surface area contributed by atoms with Gasteiger partial charge in [0.1, 0.15) is 5.75 Å². The molecule has 20 heavy (non-hydrogen) atoms. The molecule has 2 nitrogen and oxygen atoms in total. The van der Waals surface area contributed by atoms with Crippen molar-refractivity contribution in [3.63, 3.8) is 0 Å². The highest BCUT2D eigenvalue weighted by atomic mass is 35.5. The van der Waals surface area contributed by atoms with Gasteiger partial charge in [-0.1, -0.05) is 41.4 Å². The second-order valence-corrected chi connectivity index (χ2v) is 5.44. The summed E-state index contributed by atoms with van der Waals surface area (Å²) < 4.78 is 5.13. The minimum absolute atomic E-state index is 0.0351. The number of aliphatic hydroxyl groups is 1. The van der Waals surface area contributed by atoms with E-state index in [2.05, 4.69) is 0 Å². The Morgan fingerprint density at radius 1 is 1.10 bits per heavy atom. The van der Waals surface area contributed by atoms with Crippen LogP contribution in [0.1, 0.15) is 17.0 Å². The lowest BCUT2D eigenvalue weighted by molar-refractivity contribution is 0.264. The van der Waals surface area contributed by atoms with Crippen LogP contribution >= 0.6 is 23.2 Å². The summed E-state index contributed by atoms with van der Waals surface area (Å²) in [4.78, 5) is 0. The lowest BCUT2D eigenvalue weighted by Crippen LogP contribution is -2.08. The third-order valence-corrected chi connectivity index (χ3v) is 3.83. The van der Waals surface area contributed by atoms with Crippen molar-refractivity contribution >= 4 is 23.2 Å². The maximum absolute atomic E-state index is 9.62. The first-order valence-electron chi connectivity index (χ1n) is 6.32. The number of hydrogen-bond acceptors (Lipinski definition) is 2. The molecule has 2 rings (SSSR count). The molecule has 0 aliphatic rings. The summed E-state index contributed by atoms with van der Waals surface area (Å²) >= 11 is 12.1. The van der Waals surface area contributed by atoms with Crippen LogP contribution in [0.25, 0.3) is 0 Å². The maximum Gasteiger partial charge on any atom is 0.118 e. The highest BCUT2D eigenvalue weighted by Crippen LogP contribution is 2.30. The van der Waals surface area contributed by atoms with E-state index in [1.807, 2.05) is 30.3 Å². The highest BCUT2D eigenvalue weighted by Gasteiger charge is 2.15. The van der Waals surface area contributed by atoms with Gasteiger partial charge in [-0.15, -0.1) is 0 Å². The van der Waals surface area contributed by atoms with Gasteiger partial charge in [-0.3, -0.25) is 0 Å². The molecule has 0 amide bonds. The Morgan fingerprint density at radius 3 is 2.35 bits per heavy atom. The minimum Gasteiger partial charge on any atom is -0.497 e. The average molecular weight is 311 g/mol. The monoisotopic (exact) mass is 310 g/mol. The van der Waals surface area contributed by atoms with Crippen LogP contribution in [-0.4, -0.2) is 18.8 Å².